The maximum absolute atomic E-state index is 9.43. The second kappa shape index (κ2) is 3.97. The topological polar surface area (TPSA) is 49.7 Å². The lowest BCUT2D eigenvalue weighted by Gasteiger charge is -2.07. The van der Waals surface area contributed by atoms with Crippen LogP contribution in [-0.2, 0) is 6.61 Å². The standard InChI is InChI=1S/C9H12O3/c1-2-12-8-5-3-4-7(6-10)9(8)11/h3-5,10-11H,2,6H2,1H3. The molecule has 0 spiro atoms. The maximum atomic E-state index is 9.43. The van der Waals surface area contributed by atoms with Crippen LogP contribution in [0, 0.1) is 0 Å². The van der Waals surface area contributed by atoms with E-state index in [1.165, 1.54) is 0 Å². The Bertz CT molecular complexity index is 258. The summed E-state index contributed by atoms with van der Waals surface area (Å²) in [5, 5.41) is 18.2. The average Bonchev–Trinajstić information content (AvgIpc) is 2.09. The van der Waals surface area contributed by atoms with E-state index in [1.54, 1.807) is 18.2 Å². The molecule has 0 aliphatic heterocycles. The molecule has 0 amide bonds. The van der Waals surface area contributed by atoms with E-state index in [0.717, 1.165) is 0 Å². The largest absolute Gasteiger partial charge is 0.504 e. The Balaban J connectivity index is 2.97. The van der Waals surface area contributed by atoms with E-state index in [-0.39, 0.29) is 12.4 Å². The van der Waals surface area contributed by atoms with Crippen LogP contribution < -0.4 is 4.74 Å². The highest BCUT2D eigenvalue weighted by Gasteiger charge is 2.05. The quantitative estimate of drug-likeness (QED) is 0.714. The number of phenols is 1. The molecular formula is C9H12O3. The predicted molar refractivity (Wildman–Crippen MR) is 45.2 cm³/mol. The fourth-order valence-electron chi connectivity index (χ4n) is 0.967. The maximum Gasteiger partial charge on any atom is 0.163 e. The molecule has 66 valence electrons. The van der Waals surface area contributed by atoms with E-state index < -0.39 is 0 Å². The van der Waals surface area contributed by atoms with Crippen LogP contribution in [0.2, 0.25) is 0 Å². The van der Waals surface area contributed by atoms with E-state index in [2.05, 4.69) is 0 Å². The predicted octanol–water partition coefficient (Wildman–Crippen LogP) is 1.28. The van der Waals surface area contributed by atoms with Crippen molar-refractivity contribution in [3.05, 3.63) is 23.8 Å². The summed E-state index contributed by atoms with van der Waals surface area (Å²) in [6.07, 6.45) is 0. The number of hydrogen-bond acceptors (Lipinski definition) is 3. The lowest BCUT2D eigenvalue weighted by Crippen LogP contribution is -1.93. The van der Waals surface area contributed by atoms with Crippen LogP contribution in [0.1, 0.15) is 12.5 Å². The van der Waals surface area contributed by atoms with E-state index >= 15 is 0 Å². The van der Waals surface area contributed by atoms with Crippen LogP contribution in [0.5, 0.6) is 11.5 Å². The highest BCUT2D eigenvalue weighted by Crippen LogP contribution is 2.29. The van der Waals surface area contributed by atoms with Crippen molar-refractivity contribution in [3.63, 3.8) is 0 Å². The second-order valence-corrected chi connectivity index (χ2v) is 2.36. The number of para-hydroxylation sites is 1. The normalized spacial score (nSPS) is 9.83. The molecule has 3 heteroatoms. The number of hydrogen-bond donors (Lipinski definition) is 2. The molecule has 12 heavy (non-hydrogen) atoms. The molecule has 0 aliphatic rings. The van der Waals surface area contributed by atoms with Gasteiger partial charge in [-0.2, -0.15) is 0 Å². The van der Waals surface area contributed by atoms with Gasteiger partial charge in [0, 0.05) is 5.56 Å². The first kappa shape index (κ1) is 8.87. The monoisotopic (exact) mass is 168 g/mol. The summed E-state index contributed by atoms with van der Waals surface area (Å²) in [5.41, 5.74) is 0.487. The highest BCUT2D eigenvalue weighted by molar-refractivity contribution is 5.44. The summed E-state index contributed by atoms with van der Waals surface area (Å²) in [5.74, 6) is 0.450. The van der Waals surface area contributed by atoms with Crippen LogP contribution in [0.25, 0.3) is 0 Å². The molecule has 0 unspecified atom stereocenters. The minimum atomic E-state index is -0.174. The fraction of sp³-hybridized carbons (Fsp3) is 0.333. The molecule has 3 nitrogen and oxygen atoms in total. The number of rotatable bonds is 3. The van der Waals surface area contributed by atoms with E-state index in [1.807, 2.05) is 6.92 Å². The molecule has 0 aliphatic carbocycles. The minimum absolute atomic E-state index is 0.0295. The van der Waals surface area contributed by atoms with Crippen molar-refractivity contribution in [3.8, 4) is 11.5 Å². The summed E-state index contributed by atoms with van der Waals surface area (Å²) in [6.45, 7) is 2.17. The van der Waals surface area contributed by atoms with Gasteiger partial charge in [0.25, 0.3) is 0 Å². The van der Waals surface area contributed by atoms with Gasteiger partial charge in [-0.1, -0.05) is 12.1 Å². The zero-order chi connectivity index (χ0) is 8.97. The number of aliphatic hydroxyl groups is 1. The first-order valence-electron chi connectivity index (χ1n) is 3.84. The highest BCUT2D eigenvalue weighted by atomic mass is 16.5. The SMILES string of the molecule is CCOc1cccc(CO)c1O. The van der Waals surface area contributed by atoms with Crippen molar-refractivity contribution < 1.29 is 14.9 Å². The third-order valence-electron chi connectivity index (χ3n) is 1.55. The molecular weight excluding hydrogens is 156 g/mol. The molecule has 0 bridgehead atoms. The van der Waals surface area contributed by atoms with Gasteiger partial charge in [0.15, 0.2) is 11.5 Å². The van der Waals surface area contributed by atoms with Crippen molar-refractivity contribution in [2.75, 3.05) is 6.61 Å². The zero-order valence-corrected chi connectivity index (χ0v) is 6.95. The summed E-state index contributed by atoms with van der Waals surface area (Å²) >= 11 is 0. The summed E-state index contributed by atoms with van der Waals surface area (Å²) < 4.78 is 5.12. The van der Waals surface area contributed by atoms with E-state index in [0.29, 0.717) is 17.9 Å². The van der Waals surface area contributed by atoms with Crippen molar-refractivity contribution in [2.24, 2.45) is 0 Å². The summed E-state index contributed by atoms with van der Waals surface area (Å²) in [4.78, 5) is 0. The van der Waals surface area contributed by atoms with E-state index in [9.17, 15) is 5.11 Å². The van der Waals surface area contributed by atoms with Crippen LogP contribution in [0.15, 0.2) is 18.2 Å². The smallest absolute Gasteiger partial charge is 0.163 e. The van der Waals surface area contributed by atoms with Gasteiger partial charge in [0.1, 0.15) is 0 Å². The van der Waals surface area contributed by atoms with Gasteiger partial charge in [-0.15, -0.1) is 0 Å². The molecule has 0 saturated heterocycles. The molecule has 0 heterocycles. The summed E-state index contributed by atoms with van der Waals surface area (Å²) in [6, 6.07) is 5.05. The van der Waals surface area contributed by atoms with Crippen molar-refractivity contribution in [1.29, 1.82) is 0 Å². The Kier molecular flexibility index (Phi) is 2.94. The molecule has 0 atom stereocenters. The fourth-order valence-corrected chi connectivity index (χ4v) is 0.967. The van der Waals surface area contributed by atoms with E-state index in [4.69, 9.17) is 9.84 Å². The van der Waals surface area contributed by atoms with Gasteiger partial charge in [-0.25, -0.2) is 0 Å². The molecule has 1 aromatic carbocycles. The lowest BCUT2D eigenvalue weighted by atomic mass is 10.2. The Morgan fingerprint density at radius 1 is 1.42 bits per heavy atom. The van der Waals surface area contributed by atoms with Crippen molar-refractivity contribution >= 4 is 0 Å². The van der Waals surface area contributed by atoms with Crippen molar-refractivity contribution in [2.45, 2.75) is 13.5 Å². The number of aliphatic hydroxyl groups excluding tert-OH is 1. The third-order valence-corrected chi connectivity index (χ3v) is 1.55. The van der Waals surface area contributed by atoms with Gasteiger partial charge in [-0.05, 0) is 13.0 Å². The Morgan fingerprint density at radius 2 is 2.17 bits per heavy atom. The van der Waals surface area contributed by atoms with Gasteiger partial charge in [-0.3, -0.25) is 0 Å². The van der Waals surface area contributed by atoms with Crippen LogP contribution in [0.4, 0.5) is 0 Å². The first-order valence-corrected chi connectivity index (χ1v) is 3.84. The van der Waals surface area contributed by atoms with Crippen LogP contribution in [0.3, 0.4) is 0 Å². The Morgan fingerprint density at radius 3 is 2.75 bits per heavy atom. The zero-order valence-electron chi connectivity index (χ0n) is 6.95. The molecule has 0 radical (unpaired) electrons. The molecule has 0 fully saturated rings. The van der Waals surface area contributed by atoms with Gasteiger partial charge in [0.2, 0.25) is 0 Å². The Labute approximate surface area is 71.2 Å². The van der Waals surface area contributed by atoms with Gasteiger partial charge >= 0.3 is 0 Å². The number of benzene rings is 1. The lowest BCUT2D eigenvalue weighted by molar-refractivity contribution is 0.269. The van der Waals surface area contributed by atoms with Crippen LogP contribution in [-0.4, -0.2) is 16.8 Å². The second-order valence-electron chi connectivity index (χ2n) is 2.36. The molecule has 1 rings (SSSR count). The Hall–Kier alpha value is -1.22. The minimum Gasteiger partial charge on any atom is -0.504 e. The first-order chi connectivity index (χ1) is 5.79. The van der Waals surface area contributed by atoms with Crippen molar-refractivity contribution in [1.82, 2.24) is 0 Å². The average molecular weight is 168 g/mol. The summed E-state index contributed by atoms with van der Waals surface area (Å²) in [7, 11) is 0. The number of aromatic hydroxyl groups is 1. The third kappa shape index (κ3) is 1.68. The van der Waals surface area contributed by atoms with Gasteiger partial charge < -0.3 is 14.9 Å². The number of ether oxygens (including phenoxy) is 1. The van der Waals surface area contributed by atoms with Crippen LogP contribution >= 0.6 is 0 Å². The van der Waals surface area contributed by atoms with Gasteiger partial charge in [0.05, 0.1) is 13.2 Å². The molecule has 0 saturated carbocycles. The molecule has 1 aromatic rings. The molecule has 2 N–H and O–H groups in total. The molecule has 0 aromatic heterocycles.